The Hall–Kier alpha value is -2.27. The van der Waals surface area contributed by atoms with Crippen molar-refractivity contribution in [2.75, 3.05) is 14.2 Å². The van der Waals surface area contributed by atoms with Gasteiger partial charge in [-0.25, -0.2) is 0 Å². The normalized spacial score (nSPS) is 10.4. The van der Waals surface area contributed by atoms with Gasteiger partial charge in [-0.15, -0.1) is 0 Å². The van der Waals surface area contributed by atoms with Crippen molar-refractivity contribution in [2.24, 2.45) is 0 Å². The molecule has 0 aliphatic heterocycles. The minimum Gasteiger partial charge on any atom is -0.506 e. The van der Waals surface area contributed by atoms with Crippen LogP contribution in [0.1, 0.15) is 17.0 Å². The van der Waals surface area contributed by atoms with Crippen LogP contribution in [0.4, 0.5) is 0 Å². The molecule has 5 heteroatoms. The summed E-state index contributed by atoms with van der Waals surface area (Å²) in [5.41, 5.74) is 2.54. The number of hydrogen-bond acceptors (Lipinski definition) is 5. The van der Waals surface area contributed by atoms with E-state index >= 15 is 0 Å². The highest BCUT2D eigenvalue weighted by Crippen LogP contribution is 2.24. The molecule has 0 unspecified atom stereocenters. The summed E-state index contributed by atoms with van der Waals surface area (Å²) in [4.78, 5) is 4.31. The molecule has 1 heterocycles. The number of ether oxygens (including phenoxy) is 2. The predicted octanol–water partition coefficient (Wildman–Crippen LogP) is 2.40. The highest BCUT2D eigenvalue weighted by molar-refractivity contribution is 5.40. The number of hydrogen-bond donors (Lipinski definition) is 2. The van der Waals surface area contributed by atoms with E-state index in [0.717, 1.165) is 22.8 Å². The van der Waals surface area contributed by atoms with Gasteiger partial charge in [0.05, 0.1) is 19.9 Å². The van der Waals surface area contributed by atoms with E-state index in [1.807, 2.05) is 25.1 Å². The van der Waals surface area contributed by atoms with E-state index < -0.39 is 0 Å². The van der Waals surface area contributed by atoms with Gasteiger partial charge in [0, 0.05) is 30.4 Å². The molecule has 2 rings (SSSR count). The Morgan fingerprint density at radius 3 is 2.62 bits per heavy atom. The number of aromatic hydroxyl groups is 1. The first-order chi connectivity index (χ1) is 10.1. The maximum Gasteiger partial charge on any atom is 0.138 e. The third-order valence-corrected chi connectivity index (χ3v) is 3.19. The zero-order valence-electron chi connectivity index (χ0n) is 12.5. The standard InChI is InChI=1S/C16H20N2O3/c1-11-4-7-15(19)14(18-11)10-17-9-12-5-6-13(20-2)8-16(12)21-3/h4-8,17,19H,9-10H2,1-3H3. The van der Waals surface area contributed by atoms with Gasteiger partial charge in [0.1, 0.15) is 17.2 Å². The van der Waals surface area contributed by atoms with Crippen LogP contribution >= 0.6 is 0 Å². The average Bonchev–Trinajstić information content (AvgIpc) is 2.50. The fourth-order valence-electron chi connectivity index (χ4n) is 2.05. The lowest BCUT2D eigenvalue weighted by Crippen LogP contribution is -2.14. The Morgan fingerprint density at radius 1 is 1.10 bits per heavy atom. The first-order valence-electron chi connectivity index (χ1n) is 6.71. The molecule has 1 aromatic carbocycles. The molecule has 0 saturated heterocycles. The second-order valence-corrected chi connectivity index (χ2v) is 4.70. The molecule has 5 nitrogen and oxygen atoms in total. The molecular weight excluding hydrogens is 268 g/mol. The SMILES string of the molecule is COc1ccc(CNCc2nc(C)ccc2O)c(OC)c1. The number of aryl methyl sites for hydroxylation is 1. The molecule has 0 radical (unpaired) electrons. The van der Waals surface area contributed by atoms with Crippen molar-refractivity contribution in [1.29, 1.82) is 0 Å². The first-order valence-corrected chi connectivity index (χ1v) is 6.71. The number of rotatable bonds is 6. The minimum atomic E-state index is 0.204. The molecule has 1 aromatic heterocycles. The Balaban J connectivity index is 2.01. The summed E-state index contributed by atoms with van der Waals surface area (Å²) < 4.78 is 10.5. The van der Waals surface area contributed by atoms with E-state index in [4.69, 9.17) is 9.47 Å². The third-order valence-electron chi connectivity index (χ3n) is 3.19. The average molecular weight is 288 g/mol. The Morgan fingerprint density at radius 2 is 1.90 bits per heavy atom. The number of methoxy groups -OCH3 is 2. The van der Waals surface area contributed by atoms with E-state index in [-0.39, 0.29) is 5.75 Å². The van der Waals surface area contributed by atoms with Crippen molar-refractivity contribution in [1.82, 2.24) is 10.3 Å². The van der Waals surface area contributed by atoms with E-state index in [2.05, 4.69) is 10.3 Å². The molecule has 0 saturated carbocycles. The van der Waals surface area contributed by atoms with Crippen LogP contribution in [0.15, 0.2) is 30.3 Å². The lowest BCUT2D eigenvalue weighted by Gasteiger charge is -2.11. The van der Waals surface area contributed by atoms with Gasteiger partial charge in [0.2, 0.25) is 0 Å². The quantitative estimate of drug-likeness (QED) is 0.854. The fraction of sp³-hybridized carbons (Fsp3) is 0.312. The Labute approximate surface area is 124 Å². The van der Waals surface area contributed by atoms with Crippen LogP contribution in [-0.2, 0) is 13.1 Å². The Kier molecular flexibility index (Phi) is 5.00. The molecule has 2 N–H and O–H groups in total. The van der Waals surface area contributed by atoms with E-state index in [9.17, 15) is 5.11 Å². The molecule has 0 bridgehead atoms. The molecule has 0 spiro atoms. The molecule has 0 fully saturated rings. The lowest BCUT2D eigenvalue weighted by molar-refractivity contribution is 0.389. The number of benzene rings is 1. The van der Waals surface area contributed by atoms with Gasteiger partial charge in [0.25, 0.3) is 0 Å². The van der Waals surface area contributed by atoms with Gasteiger partial charge in [-0.1, -0.05) is 6.07 Å². The summed E-state index contributed by atoms with van der Waals surface area (Å²) in [5.74, 6) is 1.73. The Bertz CT molecular complexity index is 614. The van der Waals surface area contributed by atoms with Crippen LogP contribution in [0.2, 0.25) is 0 Å². The molecule has 0 atom stereocenters. The zero-order chi connectivity index (χ0) is 15.2. The molecular formula is C16H20N2O3. The second-order valence-electron chi connectivity index (χ2n) is 4.70. The molecule has 0 amide bonds. The highest BCUT2D eigenvalue weighted by Gasteiger charge is 2.06. The van der Waals surface area contributed by atoms with Crippen LogP contribution in [0.5, 0.6) is 17.2 Å². The summed E-state index contributed by atoms with van der Waals surface area (Å²) in [6.07, 6.45) is 0. The van der Waals surface area contributed by atoms with Crippen molar-refractivity contribution in [3.05, 3.63) is 47.3 Å². The van der Waals surface area contributed by atoms with Crippen LogP contribution < -0.4 is 14.8 Å². The maximum atomic E-state index is 9.76. The molecule has 112 valence electrons. The van der Waals surface area contributed by atoms with Gasteiger partial charge >= 0.3 is 0 Å². The number of nitrogens with zero attached hydrogens (tertiary/aromatic N) is 1. The van der Waals surface area contributed by atoms with Crippen LogP contribution in [0.25, 0.3) is 0 Å². The zero-order valence-corrected chi connectivity index (χ0v) is 12.5. The predicted molar refractivity (Wildman–Crippen MR) is 80.7 cm³/mol. The largest absolute Gasteiger partial charge is 0.506 e. The van der Waals surface area contributed by atoms with Crippen molar-refractivity contribution < 1.29 is 14.6 Å². The van der Waals surface area contributed by atoms with Crippen molar-refractivity contribution >= 4 is 0 Å². The summed E-state index contributed by atoms with van der Waals surface area (Å²) in [6, 6.07) is 9.13. The van der Waals surface area contributed by atoms with Crippen LogP contribution in [0, 0.1) is 6.92 Å². The summed E-state index contributed by atoms with van der Waals surface area (Å²) in [7, 11) is 3.26. The number of aromatic nitrogens is 1. The monoisotopic (exact) mass is 288 g/mol. The number of pyridine rings is 1. The van der Waals surface area contributed by atoms with Gasteiger partial charge < -0.3 is 19.9 Å². The van der Waals surface area contributed by atoms with E-state index in [1.165, 1.54) is 0 Å². The maximum absolute atomic E-state index is 9.76. The smallest absolute Gasteiger partial charge is 0.138 e. The van der Waals surface area contributed by atoms with Crippen molar-refractivity contribution in [3.8, 4) is 17.2 Å². The van der Waals surface area contributed by atoms with Crippen LogP contribution in [0.3, 0.4) is 0 Å². The van der Waals surface area contributed by atoms with Crippen molar-refractivity contribution in [2.45, 2.75) is 20.0 Å². The van der Waals surface area contributed by atoms with E-state index in [1.54, 1.807) is 26.4 Å². The lowest BCUT2D eigenvalue weighted by atomic mass is 10.2. The molecule has 21 heavy (non-hydrogen) atoms. The van der Waals surface area contributed by atoms with E-state index in [0.29, 0.717) is 18.8 Å². The summed E-state index contributed by atoms with van der Waals surface area (Å²) in [5, 5.41) is 13.0. The number of nitrogens with one attached hydrogen (secondary N) is 1. The first kappa shape index (κ1) is 15.1. The second kappa shape index (κ2) is 6.95. The highest BCUT2D eigenvalue weighted by atomic mass is 16.5. The van der Waals surface area contributed by atoms with Gasteiger partial charge in [0.15, 0.2) is 0 Å². The summed E-state index contributed by atoms with van der Waals surface area (Å²) >= 11 is 0. The van der Waals surface area contributed by atoms with Crippen molar-refractivity contribution in [3.63, 3.8) is 0 Å². The van der Waals surface area contributed by atoms with Crippen LogP contribution in [-0.4, -0.2) is 24.3 Å². The summed E-state index contributed by atoms with van der Waals surface area (Å²) in [6.45, 7) is 3.00. The van der Waals surface area contributed by atoms with Gasteiger partial charge in [-0.05, 0) is 25.1 Å². The minimum absolute atomic E-state index is 0.204. The topological polar surface area (TPSA) is 63.6 Å². The molecule has 0 aliphatic carbocycles. The molecule has 0 aliphatic rings. The van der Waals surface area contributed by atoms with Gasteiger partial charge in [-0.3, -0.25) is 4.98 Å². The van der Waals surface area contributed by atoms with Gasteiger partial charge in [-0.2, -0.15) is 0 Å². The fourth-order valence-corrected chi connectivity index (χ4v) is 2.05. The third kappa shape index (κ3) is 3.86. The molecule has 2 aromatic rings.